The van der Waals surface area contributed by atoms with E-state index in [2.05, 4.69) is 5.10 Å². The lowest BCUT2D eigenvalue weighted by Crippen LogP contribution is -2.37. The number of fused-ring (bicyclic) bond motifs is 1. The number of benzene rings is 1. The van der Waals surface area contributed by atoms with E-state index in [1.54, 1.807) is 15.6 Å². The number of halogens is 1. The zero-order valence-electron chi connectivity index (χ0n) is 15.3. The second-order valence-corrected chi connectivity index (χ2v) is 8.04. The van der Waals surface area contributed by atoms with Crippen LogP contribution in [-0.2, 0) is 11.3 Å². The van der Waals surface area contributed by atoms with E-state index in [9.17, 15) is 4.79 Å². The molecule has 142 valence electrons. The molecule has 2 aromatic heterocycles. The normalized spacial score (nSPS) is 16.9. The first kappa shape index (κ1) is 18.4. The van der Waals surface area contributed by atoms with Gasteiger partial charge in [0.1, 0.15) is 0 Å². The lowest BCUT2D eigenvalue weighted by molar-refractivity contribution is 0.0912. The zero-order valence-corrected chi connectivity index (χ0v) is 16.9. The van der Waals surface area contributed by atoms with E-state index >= 15 is 0 Å². The molecule has 27 heavy (non-hydrogen) atoms. The highest BCUT2D eigenvalue weighted by atomic mass is 35.5. The van der Waals surface area contributed by atoms with Crippen LogP contribution in [0.1, 0.15) is 35.8 Å². The van der Waals surface area contributed by atoms with Gasteiger partial charge in [0.2, 0.25) is 0 Å². The molecule has 1 unspecified atom stereocenters. The largest absolute Gasteiger partial charge is 0.376 e. The molecular weight excluding hydrogens is 384 g/mol. The van der Waals surface area contributed by atoms with Gasteiger partial charge in [-0.2, -0.15) is 5.10 Å². The average molecular weight is 405 g/mol. The summed E-state index contributed by atoms with van der Waals surface area (Å²) < 4.78 is 8.53. The smallest absolute Gasteiger partial charge is 0.280 e. The Hall–Kier alpha value is -1.96. The fourth-order valence-corrected chi connectivity index (χ4v) is 4.42. The summed E-state index contributed by atoms with van der Waals surface area (Å²) in [5.74, 6) is -0.152. The number of amides is 1. The van der Waals surface area contributed by atoms with Gasteiger partial charge in [-0.15, -0.1) is 0 Å². The van der Waals surface area contributed by atoms with Crippen LogP contribution in [0, 0.1) is 6.92 Å². The Balaban J connectivity index is 1.72. The molecule has 1 amide bonds. The number of aryl methyl sites for hydroxylation is 2. The Kier molecular flexibility index (Phi) is 5.16. The van der Waals surface area contributed by atoms with Gasteiger partial charge in [0.05, 0.1) is 22.9 Å². The van der Waals surface area contributed by atoms with E-state index in [1.165, 1.54) is 11.3 Å². The maximum absolute atomic E-state index is 13.2. The molecule has 1 atom stereocenters. The summed E-state index contributed by atoms with van der Waals surface area (Å²) in [6, 6.07) is 5.58. The van der Waals surface area contributed by atoms with Crippen molar-refractivity contribution in [3.63, 3.8) is 0 Å². The van der Waals surface area contributed by atoms with E-state index < -0.39 is 0 Å². The first-order chi connectivity index (χ1) is 13.1. The van der Waals surface area contributed by atoms with Crippen molar-refractivity contribution in [3.8, 4) is 0 Å². The molecule has 0 radical (unpaired) electrons. The van der Waals surface area contributed by atoms with Crippen molar-refractivity contribution in [3.05, 3.63) is 40.7 Å². The fourth-order valence-electron chi connectivity index (χ4n) is 3.23. The van der Waals surface area contributed by atoms with Crippen molar-refractivity contribution < 1.29 is 9.53 Å². The molecule has 1 aliphatic heterocycles. The Labute approximate surface area is 166 Å². The van der Waals surface area contributed by atoms with Gasteiger partial charge in [-0.25, -0.2) is 4.98 Å². The van der Waals surface area contributed by atoms with Crippen LogP contribution in [0.15, 0.2) is 24.4 Å². The van der Waals surface area contributed by atoms with E-state index in [4.69, 9.17) is 21.3 Å². The van der Waals surface area contributed by atoms with Gasteiger partial charge in [0, 0.05) is 24.4 Å². The van der Waals surface area contributed by atoms with E-state index in [1.807, 2.05) is 32.2 Å². The predicted octanol–water partition coefficient (Wildman–Crippen LogP) is 4.30. The highest BCUT2D eigenvalue weighted by Crippen LogP contribution is 2.34. The minimum Gasteiger partial charge on any atom is -0.376 e. The first-order valence-corrected chi connectivity index (χ1v) is 10.3. The highest BCUT2D eigenvalue weighted by Gasteiger charge is 2.28. The lowest BCUT2D eigenvalue weighted by Gasteiger charge is -2.22. The summed E-state index contributed by atoms with van der Waals surface area (Å²) in [6.07, 6.45) is 3.81. The van der Waals surface area contributed by atoms with Crippen LogP contribution in [0.25, 0.3) is 10.2 Å². The van der Waals surface area contributed by atoms with E-state index in [0.29, 0.717) is 22.4 Å². The van der Waals surface area contributed by atoms with Crippen molar-refractivity contribution in [2.45, 2.75) is 39.3 Å². The zero-order chi connectivity index (χ0) is 19.0. The SMILES string of the molecule is CCn1ccc(C(=O)N(CC2CCCO2)c2nc3c(C)c(Cl)ccc3s2)n1. The van der Waals surface area contributed by atoms with E-state index in [-0.39, 0.29) is 12.0 Å². The van der Waals surface area contributed by atoms with Gasteiger partial charge in [0.15, 0.2) is 10.8 Å². The van der Waals surface area contributed by atoms with Crippen LogP contribution >= 0.6 is 22.9 Å². The highest BCUT2D eigenvalue weighted by molar-refractivity contribution is 7.22. The Morgan fingerprint density at radius 3 is 3.00 bits per heavy atom. The first-order valence-electron chi connectivity index (χ1n) is 9.09. The van der Waals surface area contributed by atoms with Crippen molar-refractivity contribution in [2.24, 2.45) is 0 Å². The maximum Gasteiger partial charge on any atom is 0.280 e. The standard InChI is InChI=1S/C19H21ClN4O2S/c1-3-23-9-8-15(22-23)18(25)24(11-13-5-4-10-26-13)19-21-17-12(2)14(20)6-7-16(17)27-19/h6-9,13H,3-5,10-11H2,1-2H3. The number of aromatic nitrogens is 3. The number of nitrogens with zero attached hydrogens (tertiary/aromatic N) is 4. The molecular formula is C19H21ClN4O2S. The molecule has 0 aliphatic carbocycles. The molecule has 3 heterocycles. The number of ether oxygens (including phenoxy) is 1. The molecule has 1 saturated heterocycles. The molecule has 8 heteroatoms. The van der Waals surface area contributed by atoms with Crippen LogP contribution in [0.5, 0.6) is 0 Å². The Morgan fingerprint density at radius 1 is 1.44 bits per heavy atom. The molecule has 1 aliphatic rings. The lowest BCUT2D eigenvalue weighted by atomic mass is 10.2. The number of carbonyl (C=O) groups excluding carboxylic acids is 1. The number of anilines is 1. The summed E-state index contributed by atoms with van der Waals surface area (Å²) in [5.41, 5.74) is 2.19. The number of rotatable bonds is 5. The minimum absolute atomic E-state index is 0.0268. The van der Waals surface area contributed by atoms with Crippen LogP contribution in [0.2, 0.25) is 5.02 Å². The topological polar surface area (TPSA) is 60.2 Å². The number of thiazole rings is 1. The van der Waals surface area contributed by atoms with E-state index in [0.717, 1.165) is 41.8 Å². The molecule has 0 spiro atoms. The Bertz CT molecular complexity index is 977. The van der Waals surface area contributed by atoms with Crippen LogP contribution in [0.4, 0.5) is 5.13 Å². The molecule has 4 rings (SSSR count). The van der Waals surface area contributed by atoms with Crippen molar-refractivity contribution in [2.75, 3.05) is 18.1 Å². The number of carbonyl (C=O) groups is 1. The number of hydrogen-bond acceptors (Lipinski definition) is 5. The predicted molar refractivity (Wildman–Crippen MR) is 108 cm³/mol. The van der Waals surface area contributed by atoms with Crippen LogP contribution < -0.4 is 4.90 Å². The minimum atomic E-state index is -0.152. The molecule has 0 saturated carbocycles. The molecule has 1 aromatic carbocycles. The van der Waals surface area contributed by atoms with Crippen molar-refractivity contribution in [1.82, 2.24) is 14.8 Å². The van der Waals surface area contributed by atoms with Gasteiger partial charge < -0.3 is 4.74 Å². The summed E-state index contributed by atoms with van der Waals surface area (Å²) in [6.45, 7) is 5.88. The van der Waals surface area contributed by atoms with Gasteiger partial charge in [-0.05, 0) is 50.5 Å². The molecule has 0 bridgehead atoms. The van der Waals surface area contributed by atoms with Crippen molar-refractivity contribution in [1.29, 1.82) is 0 Å². The monoisotopic (exact) mass is 404 g/mol. The fraction of sp³-hybridized carbons (Fsp3) is 0.421. The summed E-state index contributed by atoms with van der Waals surface area (Å²) in [7, 11) is 0. The Morgan fingerprint density at radius 2 is 2.30 bits per heavy atom. The van der Waals surface area contributed by atoms with Gasteiger partial charge in [-0.1, -0.05) is 22.9 Å². The number of hydrogen-bond donors (Lipinski definition) is 0. The van der Waals surface area contributed by atoms with Gasteiger partial charge >= 0.3 is 0 Å². The summed E-state index contributed by atoms with van der Waals surface area (Å²) in [4.78, 5) is 19.7. The quantitative estimate of drug-likeness (QED) is 0.636. The molecule has 3 aromatic rings. The third-order valence-corrected chi connectivity index (χ3v) is 6.26. The van der Waals surface area contributed by atoms with Crippen LogP contribution in [0.3, 0.4) is 0 Å². The average Bonchev–Trinajstić information content (AvgIpc) is 3.42. The van der Waals surface area contributed by atoms with Crippen molar-refractivity contribution >= 4 is 44.2 Å². The maximum atomic E-state index is 13.2. The third kappa shape index (κ3) is 3.59. The second-order valence-electron chi connectivity index (χ2n) is 6.62. The summed E-state index contributed by atoms with van der Waals surface area (Å²) >= 11 is 7.73. The molecule has 0 N–H and O–H groups in total. The second kappa shape index (κ2) is 7.58. The molecule has 1 fully saturated rings. The summed E-state index contributed by atoms with van der Waals surface area (Å²) in [5, 5.41) is 5.71. The molecule has 6 nitrogen and oxygen atoms in total. The van der Waals surface area contributed by atoms with Gasteiger partial charge in [-0.3, -0.25) is 14.4 Å². The van der Waals surface area contributed by atoms with Crippen LogP contribution in [-0.4, -0.2) is 39.9 Å². The third-order valence-electron chi connectivity index (χ3n) is 4.81. The van der Waals surface area contributed by atoms with Gasteiger partial charge in [0.25, 0.3) is 5.91 Å².